The third-order valence-electron chi connectivity index (χ3n) is 2.24. The SMILES string of the molecule is C#CCOc1cc(NC(=O)NC(=O)C(N)C#N)c(F)cc1Cl. The molecule has 0 radical (unpaired) electrons. The van der Waals surface area contributed by atoms with Gasteiger partial charge in [0.25, 0.3) is 5.91 Å². The number of anilines is 1. The van der Waals surface area contributed by atoms with Crippen LogP contribution < -0.4 is 21.1 Å². The number of ether oxygens (including phenoxy) is 1. The number of halogens is 2. The number of hydrogen-bond donors (Lipinski definition) is 3. The molecule has 1 atom stereocenters. The number of amides is 3. The van der Waals surface area contributed by atoms with Gasteiger partial charge in [0.15, 0.2) is 6.04 Å². The second kappa shape index (κ2) is 7.84. The van der Waals surface area contributed by atoms with E-state index < -0.39 is 23.8 Å². The maximum atomic E-state index is 13.7. The molecule has 0 saturated heterocycles. The maximum absolute atomic E-state index is 13.7. The molecule has 0 saturated carbocycles. The first-order valence-corrected chi connectivity index (χ1v) is 6.09. The lowest BCUT2D eigenvalue weighted by molar-refractivity contribution is -0.120. The fraction of sp³-hybridized carbons (Fsp3) is 0.154. The molecule has 0 aliphatic rings. The minimum absolute atomic E-state index is 0.0405. The van der Waals surface area contributed by atoms with Crippen molar-refractivity contribution in [1.82, 2.24) is 5.32 Å². The van der Waals surface area contributed by atoms with Crippen molar-refractivity contribution in [3.05, 3.63) is 23.0 Å². The minimum atomic E-state index is -1.52. The topological polar surface area (TPSA) is 117 Å². The zero-order valence-electron chi connectivity index (χ0n) is 11.0. The molecule has 1 rings (SSSR count). The number of carbonyl (C=O) groups is 2. The summed E-state index contributed by atoms with van der Waals surface area (Å²) in [5.41, 5.74) is 4.80. The first kappa shape index (κ1) is 17.2. The second-order valence-electron chi connectivity index (χ2n) is 3.81. The van der Waals surface area contributed by atoms with E-state index in [1.807, 2.05) is 0 Å². The standard InChI is InChI=1S/C13H10ClFN4O3/c1-2-3-22-11-5-10(8(15)4-7(11)14)18-13(21)19-12(20)9(17)6-16/h1,4-5,9H,3,17H2,(H2,18,19,20,21). The van der Waals surface area contributed by atoms with Gasteiger partial charge in [0, 0.05) is 6.07 Å². The van der Waals surface area contributed by atoms with Crippen LogP contribution in [0.15, 0.2) is 12.1 Å². The molecular formula is C13H10ClFN4O3. The highest BCUT2D eigenvalue weighted by molar-refractivity contribution is 6.32. The lowest BCUT2D eigenvalue weighted by atomic mass is 10.3. The van der Waals surface area contributed by atoms with Crippen molar-refractivity contribution < 1.29 is 18.7 Å². The summed E-state index contributed by atoms with van der Waals surface area (Å²) in [6.45, 7) is -0.105. The van der Waals surface area contributed by atoms with Gasteiger partial charge in [-0.25, -0.2) is 9.18 Å². The third kappa shape index (κ3) is 4.63. The Morgan fingerprint density at radius 1 is 1.55 bits per heavy atom. The van der Waals surface area contributed by atoms with Crippen LogP contribution in [0, 0.1) is 29.5 Å². The number of urea groups is 1. The van der Waals surface area contributed by atoms with Gasteiger partial charge in [-0.3, -0.25) is 10.1 Å². The lowest BCUT2D eigenvalue weighted by Gasteiger charge is -2.11. The zero-order valence-corrected chi connectivity index (χ0v) is 11.8. The van der Waals surface area contributed by atoms with Crippen LogP contribution in [0.1, 0.15) is 0 Å². The molecule has 4 N–H and O–H groups in total. The monoisotopic (exact) mass is 324 g/mol. The molecule has 7 nitrogen and oxygen atoms in total. The Labute approximate surface area is 130 Å². The van der Waals surface area contributed by atoms with E-state index in [0.29, 0.717) is 0 Å². The minimum Gasteiger partial charge on any atom is -0.479 e. The molecule has 114 valence electrons. The summed E-state index contributed by atoms with van der Waals surface area (Å²) in [4.78, 5) is 22.8. The Kier molecular flexibility index (Phi) is 6.14. The summed E-state index contributed by atoms with van der Waals surface area (Å²) in [5.74, 6) is 0.366. The van der Waals surface area contributed by atoms with Crippen molar-refractivity contribution in [3.63, 3.8) is 0 Å². The number of carbonyl (C=O) groups excluding carboxylic acids is 2. The van der Waals surface area contributed by atoms with Gasteiger partial charge in [-0.15, -0.1) is 6.42 Å². The molecule has 0 bridgehead atoms. The van der Waals surface area contributed by atoms with E-state index in [1.165, 1.54) is 6.07 Å². The van der Waals surface area contributed by atoms with Crippen LogP contribution in [-0.4, -0.2) is 24.6 Å². The first-order valence-electron chi connectivity index (χ1n) is 5.71. The Morgan fingerprint density at radius 3 is 2.82 bits per heavy atom. The Morgan fingerprint density at radius 2 is 2.23 bits per heavy atom. The van der Waals surface area contributed by atoms with E-state index in [9.17, 15) is 14.0 Å². The van der Waals surface area contributed by atoms with Gasteiger partial charge in [0.05, 0.1) is 16.8 Å². The molecule has 1 unspecified atom stereocenters. The summed E-state index contributed by atoms with van der Waals surface area (Å²) in [6.07, 6.45) is 5.02. The Balaban J connectivity index is 2.85. The molecular weight excluding hydrogens is 315 g/mol. The number of rotatable bonds is 4. The predicted molar refractivity (Wildman–Crippen MR) is 76.5 cm³/mol. The fourth-order valence-electron chi connectivity index (χ4n) is 1.26. The molecule has 0 aliphatic heterocycles. The van der Waals surface area contributed by atoms with Gasteiger partial charge in [-0.1, -0.05) is 17.5 Å². The largest absolute Gasteiger partial charge is 0.479 e. The van der Waals surface area contributed by atoms with E-state index in [1.54, 1.807) is 5.32 Å². The van der Waals surface area contributed by atoms with E-state index in [2.05, 4.69) is 11.2 Å². The van der Waals surface area contributed by atoms with Crippen LogP contribution in [0.2, 0.25) is 5.02 Å². The van der Waals surface area contributed by atoms with E-state index >= 15 is 0 Å². The number of imide groups is 1. The van der Waals surface area contributed by atoms with Crippen molar-refractivity contribution in [2.45, 2.75) is 6.04 Å². The Hall–Kier alpha value is -2.81. The normalized spacial score (nSPS) is 10.8. The summed E-state index contributed by atoms with van der Waals surface area (Å²) in [6, 6.07) is 0.862. The number of nitriles is 1. The Bertz CT molecular complexity index is 681. The molecule has 1 aromatic carbocycles. The maximum Gasteiger partial charge on any atom is 0.326 e. The van der Waals surface area contributed by atoms with Crippen molar-refractivity contribution in [2.24, 2.45) is 5.73 Å². The van der Waals surface area contributed by atoms with Crippen molar-refractivity contribution in [1.29, 1.82) is 5.26 Å². The van der Waals surface area contributed by atoms with Crippen molar-refractivity contribution in [2.75, 3.05) is 11.9 Å². The van der Waals surface area contributed by atoms with Gasteiger partial charge in [-0.2, -0.15) is 5.26 Å². The highest BCUT2D eigenvalue weighted by Gasteiger charge is 2.17. The number of benzene rings is 1. The average molecular weight is 325 g/mol. The summed E-state index contributed by atoms with van der Waals surface area (Å²) < 4.78 is 18.8. The number of terminal acetylenes is 1. The van der Waals surface area contributed by atoms with Crippen LogP contribution in [0.3, 0.4) is 0 Å². The lowest BCUT2D eigenvalue weighted by Crippen LogP contribution is -2.44. The highest BCUT2D eigenvalue weighted by Crippen LogP contribution is 2.30. The molecule has 3 amide bonds. The summed E-state index contributed by atoms with van der Waals surface area (Å²) >= 11 is 5.75. The van der Waals surface area contributed by atoms with Crippen LogP contribution in [-0.2, 0) is 4.79 Å². The molecule has 0 heterocycles. The molecule has 0 aromatic heterocycles. The molecule has 0 spiro atoms. The van der Waals surface area contributed by atoms with Gasteiger partial charge >= 0.3 is 6.03 Å². The van der Waals surface area contributed by atoms with E-state index in [-0.39, 0.29) is 23.1 Å². The smallest absolute Gasteiger partial charge is 0.326 e. The first-order chi connectivity index (χ1) is 10.4. The number of nitrogens with one attached hydrogen (secondary N) is 2. The zero-order chi connectivity index (χ0) is 16.7. The van der Waals surface area contributed by atoms with Crippen molar-refractivity contribution >= 4 is 29.2 Å². The molecule has 0 fully saturated rings. The van der Waals surface area contributed by atoms with Crippen molar-refractivity contribution in [3.8, 4) is 24.2 Å². The molecule has 0 aliphatic carbocycles. The van der Waals surface area contributed by atoms with Gasteiger partial charge in [0.1, 0.15) is 18.2 Å². The number of nitrogens with zero attached hydrogens (tertiary/aromatic N) is 1. The van der Waals surface area contributed by atoms with E-state index in [0.717, 1.165) is 12.1 Å². The quantitative estimate of drug-likeness (QED) is 0.714. The van der Waals surface area contributed by atoms with Crippen LogP contribution >= 0.6 is 11.6 Å². The van der Waals surface area contributed by atoms with Crippen LogP contribution in [0.4, 0.5) is 14.9 Å². The summed E-state index contributed by atoms with van der Waals surface area (Å²) in [5, 5.41) is 12.2. The van der Waals surface area contributed by atoms with Gasteiger partial charge in [0.2, 0.25) is 0 Å². The molecule has 1 aromatic rings. The third-order valence-corrected chi connectivity index (χ3v) is 2.53. The highest BCUT2D eigenvalue weighted by atomic mass is 35.5. The number of nitrogens with two attached hydrogens (primary N) is 1. The van der Waals surface area contributed by atoms with Gasteiger partial charge < -0.3 is 15.8 Å². The second-order valence-corrected chi connectivity index (χ2v) is 4.21. The van der Waals surface area contributed by atoms with Gasteiger partial charge in [-0.05, 0) is 6.07 Å². The van der Waals surface area contributed by atoms with Crippen LogP contribution in [0.5, 0.6) is 5.75 Å². The average Bonchev–Trinajstić information content (AvgIpc) is 2.47. The fourth-order valence-corrected chi connectivity index (χ4v) is 1.46. The molecule has 9 heteroatoms. The van der Waals surface area contributed by atoms with Crippen LogP contribution in [0.25, 0.3) is 0 Å². The summed E-state index contributed by atoms with van der Waals surface area (Å²) in [7, 11) is 0. The predicted octanol–water partition coefficient (Wildman–Crippen LogP) is 0.990. The number of hydrogen-bond acceptors (Lipinski definition) is 5. The molecule has 22 heavy (non-hydrogen) atoms. The van der Waals surface area contributed by atoms with E-state index in [4.69, 9.17) is 33.8 Å².